The maximum Gasteiger partial charge on any atom is 0.404 e. The molecule has 15 heavy (non-hydrogen) atoms. The zero-order valence-electron chi connectivity index (χ0n) is 8.74. The fourth-order valence-electron chi connectivity index (χ4n) is 2.23. The third-order valence-electron chi connectivity index (χ3n) is 2.94. The summed E-state index contributed by atoms with van der Waals surface area (Å²) in [6, 6.07) is 0. The summed E-state index contributed by atoms with van der Waals surface area (Å²) in [5.74, 6) is 0.910. The standard InChI is InChI=1S/C10H17NO3S/c11-9(12)13-6-8-7-15-10(14-8)4-2-1-3-5-10/h8H,1-7H2,(H2,11,12)/t8-/m1/s1. The van der Waals surface area contributed by atoms with Crippen LogP contribution in [0.2, 0.25) is 0 Å². The number of rotatable bonds is 2. The molecule has 1 saturated heterocycles. The molecule has 2 fully saturated rings. The average molecular weight is 231 g/mol. The Balaban J connectivity index is 1.80. The highest BCUT2D eigenvalue weighted by Crippen LogP contribution is 2.46. The highest BCUT2D eigenvalue weighted by Gasteiger charge is 2.41. The van der Waals surface area contributed by atoms with Gasteiger partial charge in [0.05, 0.1) is 0 Å². The fourth-order valence-corrected chi connectivity index (χ4v) is 3.66. The molecular weight excluding hydrogens is 214 g/mol. The van der Waals surface area contributed by atoms with E-state index >= 15 is 0 Å². The molecule has 1 spiro atoms. The van der Waals surface area contributed by atoms with Gasteiger partial charge in [-0.3, -0.25) is 0 Å². The quantitative estimate of drug-likeness (QED) is 0.788. The number of carbonyl (C=O) groups is 1. The summed E-state index contributed by atoms with van der Waals surface area (Å²) >= 11 is 1.87. The topological polar surface area (TPSA) is 61.6 Å². The number of ether oxygens (including phenoxy) is 2. The first-order chi connectivity index (χ1) is 7.20. The molecule has 1 heterocycles. The van der Waals surface area contributed by atoms with E-state index in [-0.39, 0.29) is 11.0 Å². The normalized spacial score (nSPS) is 29.2. The van der Waals surface area contributed by atoms with E-state index in [1.807, 2.05) is 11.8 Å². The third-order valence-corrected chi connectivity index (χ3v) is 4.51. The number of nitrogens with two attached hydrogens (primary N) is 1. The number of hydrogen-bond donors (Lipinski definition) is 1. The van der Waals surface area contributed by atoms with Crippen molar-refractivity contribution >= 4 is 17.9 Å². The summed E-state index contributed by atoms with van der Waals surface area (Å²) in [6.45, 7) is 0.296. The number of amides is 1. The molecule has 1 atom stereocenters. The molecule has 1 saturated carbocycles. The van der Waals surface area contributed by atoms with Crippen LogP contribution in [0.1, 0.15) is 32.1 Å². The van der Waals surface area contributed by atoms with Gasteiger partial charge < -0.3 is 15.2 Å². The van der Waals surface area contributed by atoms with Crippen LogP contribution in [0.15, 0.2) is 0 Å². The molecule has 2 rings (SSSR count). The molecule has 0 radical (unpaired) electrons. The Morgan fingerprint density at radius 1 is 1.47 bits per heavy atom. The van der Waals surface area contributed by atoms with E-state index in [0.717, 1.165) is 18.6 Å². The summed E-state index contributed by atoms with van der Waals surface area (Å²) in [4.78, 5) is 10.5. The Kier molecular flexibility index (Phi) is 3.41. The molecular formula is C10H17NO3S. The van der Waals surface area contributed by atoms with Gasteiger partial charge in [-0.2, -0.15) is 0 Å². The van der Waals surface area contributed by atoms with Crippen molar-refractivity contribution in [2.45, 2.75) is 43.1 Å². The molecule has 2 N–H and O–H groups in total. The predicted molar refractivity (Wildman–Crippen MR) is 58.7 cm³/mol. The number of primary amides is 1. The van der Waals surface area contributed by atoms with Crippen molar-refractivity contribution in [3.05, 3.63) is 0 Å². The summed E-state index contributed by atoms with van der Waals surface area (Å²) in [5, 5.41) is 0. The molecule has 0 aromatic rings. The average Bonchev–Trinajstić information content (AvgIpc) is 2.60. The van der Waals surface area contributed by atoms with Crippen molar-refractivity contribution in [3.8, 4) is 0 Å². The molecule has 1 aliphatic heterocycles. The van der Waals surface area contributed by atoms with Crippen LogP contribution in [0.5, 0.6) is 0 Å². The van der Waals surface area contributed by atoms with Crippen molar-refractivity contribution in [1.29, 1.82) is 0 Å². The van der Waals surface area contributed by atoms with Gasteiger partial charge in [0.25, 0.3) is 0 Å². The maximum absolute atomic E-state index is 10.5. The maximum atomic E-state index is 10.5. The van der Waals surface area contributed by atoms with Gasteiger partial charge in [0.2, 0.25) is 0 Å². The first-order valence-corrected chi connectivity index (χ1v) is 6.43. The van der Waals surface area contributed by atoms with Gasteiger partial charge in [0, 0.05) is 5.75 Å². The minimum Gasteiger partial charge on any atom is -0.447 e. The van der Waals surface area contributed by atoms with Gasteiger partial charge in [-0.1, -0.05) is 6.42 Å². The van der Waals surface area contributed by atoms with Gasteiger partial charge >= 0.3 is 6.09 Å². The van der Waals surface area contributed by atoms with E-state index in [1.165, 1.54) is 19.3 Å². The Morgan fingerprint density at radius 3 is 2.87 bits per heavy atom. The van der Waals surface area contributed by atoms with E-state index in [2.05, 4.69) is 0 Å². The van der Waals surface area contributed by atoms with Crippen molar-refractivity contribution < 1.29 is 14.3 Å². The second kappa shape index (κ2) is 4.61. The number of thioether (sulfide) groups is 1. The minimum absolute atomic E-state index is 0.0178. The number of hydrogen-bond acceptors (Lipinski definition) is 4. The monoisotopic (exact) mass is 231 g/mol. The zero-order valence-corrected chi connectivity index (χ0v) is 9.55. The summed E-state index contributed by atoms with van der Waals surface area (Å²) in [5.41, 5.74) is 4.92. The van der Waals surface area contributed by atoms with Crippen LogP contribution in [-0.2, 0) is 9.47 Å². The Labute approximate surface area is 93.9 Å². The van der Waals surface area contributed by atoms with Crippen LogP contribution in [0.25, 0.3) is 0 Å². The van der Waals surface area contributed by atoms with Gasteiger partial charge in [-0.05, 0) is 25.7 Å². The van der Waals surface area contributed by atoms with Crippen molar-refractivity contribution in [1.82, 2.24) is 0 Å². The third kappa shape index (κ3) is 2.78. The first kappa shape index (κ1) is 11.1. The van der Waals surface area contributed by atoms with Gasteiger partial charge in [-0.15, -0.1) is 11.8 Å². The SMILES string of the molecule is NC(=O)OC[C@@H]1CSC2(CCCCC2)O1. The molecule has 1 amide bonds. The fraction of sp³-hybridized carbons (Fsp3) is 0.900. The second-order valence-electron chi connectivity index (χ2n) is 4.15. The van der Waals surface area contributed by atoms with Crippen LogP contribution < -0.4 is 5.73 Å². The van der Waals surface area contributed by atoms with E-state index < -0.39 is 6.09 Å². The molecule has 0 unspecified atom stereocenters. The lowest BCUT2D eigenvalue weighted by molar-refractivity contribution is -0.0497. The minimum atomic E-state index is -0.715. The van der Waals surface area contributed by atoms with E-state index in [9.17, 15) is 4.79 Å². The van der Waals surface area contributed by atoms with Gasteiger partial charge in [0.15, 0.2) is 0 Å². The van der Waals surface area contributed by atoms with Crippen molar-refractivity contribution in [3.63, 3.8) is 0 Å². The molecule has 0 bridgehead atoms. The summed E-state index contributed by atoms with van der Waals surface area (Å²) in [7, 11) is 0. The smallest absolute Gasteiger partial charge is 0.404 e. The highest BCUT2D eigenvalue weighted by atomic mass is 32.2. The zero-order chi connectivity index (χ0) is 10.7. The molecule has 86 valence electrons. The molecule has 0 aromatic carbocycles. The summed E-state index contributed by atoms with van der Waals surface area (Å²) in [6.07, 6.45) is 5.38. The Bertz CT molecular complexity index is 241. The summed E-state index contributed by atoms with van der Waals surface area (Å²) < 4.78 is 10.7. The Hall–Kier alpha value is -0.420. The number of carbonyl (C=O) groups excluding carboxylic acids is 1. The Morgan fingerprint density at radius 2 is 2.20 bits per heavy atom. The molecule has 0 aromatic heterocycles. The highest BCUT2D eigenvalue weighted by molar-refractivity contribution is 8.00. The second-order valence-corrected chi connectivity index (χ2v) is 5.52. The van der Waals surface area contributed by atoms with Crippen molar-refractivity contribution in [2.24, 2.45) is 5.73 Å². The largest absolute Gasteiger partial charge is 0.447 e. The first-order valence-electron chi connectivity index (χ1n) is 5.44. The van der Waals surface area contributed by atoms with Crippen molar-refractivity contribution in [2.75, 3.05) is 12.4 Å². The van der Waals surface area contributed by atoms with Crippen LogP contribution >= 0.6 is 11.8 Å². The van der Waals surface area contributed by atoms with Crippen LogP contribution in [0.3, 0.4) is 0 Å². The lowest BCUT2D eigenvalue weighted by Crippen LogP contribution is -2.31. The lowest BCUT2D eigenvalue weighted by Gasteiger charge is -2.32. The van der Waals surface area contributed by atoms with Crippen LogP contribution in [0, 0.1) is 0 Å². The predicted octanol–water partition coefficient (Wildman–Crippen LogP) is 1.87. The van der Waals surface area contributed by atoms with Gasteiger partial charge in [0.1, 0.15) is 17.6 Å². The van der Waals surface area contributed by atoms with Crippen LogP contribution in [-0.4, -0.2) is 29.5 Å². The van der Waals surface area contributed by atoms with E-state index in [4.69, 9.17) is 15.2 Å². The molecule has 1 aliphatic carbocycles. The van der Waals surface area contributed by atoms with Crippen LogP contribution in [0.4, 0.5) is 4.79 Å². The van der Waals surface area contributed by atoms with E-state index in [1.54, 1.807) is 0 Å². The van der Waals surface area contributed by atoms with E-state index in [0.29, 0.717) is 6.61 Å². The lowest BCUT2D eigenvalue weighted by atomic mass is 9.97. The molecule has 4 nitrogen and oxygen atoms in total. The molecule has 5 heteroatoms. The van der Waals surface area contributed by atoms with Gasteiger partial charge in [-0.25, -0.2) is 4.79 Å². The molecule has 2 aliphatic rings.